The maximum absolute atomic E-state index is 12.4. The van der Waals surface area contributed by atoms with Crippen molar-refractivity contribution in [2.75, 3.05) is 28.4 Å². The second-order valence-electron chi connectivity index (χ2n) is 4.61. The number of hydrogen-bond donors (Lipinski definition) is 0. The quantitative estimate of drug-likeness (QED) is 0.357. The van der Waals surface area contributed by atoms with E-state index < -0.39 is 22.9 Å². The van der Waals surface area contributed by atoms with Crippen LogP contribution < -0.4 is 0 Å². The fraction of sp³-hybridized carbons (Fsp3) is 0.500. The first-order valence-electron chi connectivity index (χ1n) is 6.88. The molecule has 0 spiro atoms. The SMILES string of the molecule is CO/N=N\C1(/N=N/OC)C2=C(C(=O)C=CC2=O)C1(/N=N/OC)/N=N/OC. The maximum atomic E-state index is 12.4. The van der Waals surface area contributed by atoms with Crippen LogP contribution in [0.5, 0.6) is 0 Å². The van der Waals surface area contributed by atoms with Crippen molar-refractivity contribution >= 4 is 11.6 Å². The molecule has 2 rings (SSSR count). The lowest BCUT2D eigenvalue weighted by Gasteiger charge is -2.46. The van der Waals surface area contributed by atoms with Crippen molar-refractivity contribution in [1.82, 2.24) is 0 Å². The summed E-state index contributed by atoms with van der Waals surface area (Å²) in [7, 11) is 4.84. The number of allylic oxidation sites excluding steroid dienone is 2. The molecule has 1 unspecified atom stereocenters. The fourth-order valence-corrected chi connectivity index (χ4v) is 2.46. The van der Waals surface area contributed by atoms with Gasteiger partial charge in [0.2, 0.25) is 0 Å². The van der Waals surface area contributed by atoms with Crippen molar-refractivity contribution in [1.29, 1.82) is 0 Å². The van der Waals surface area contributed by atoms with Crippen LogP contribution in [0.3, 0.4) is 0 Å². The van der Waals surface area contributed by atoms with Crippen LogP contribution in [-0.4, -0.2) is 51.3 Å². The van der Waals surface area contributed by atoms with E-state index in [-0.39, 0.29) is 11.1 Å². The van der Waals surface area contributed by atoms with Crippen LogP contribution in [0.15, 0.2) is 64.9 Å². The second kappa shape index (κ2) is 7.54. The molecule has 0 saturated heterocycles. The first kappa shape index (κ1) is 18.8. The summed E-state index contributed by atoms with van der Waals surface area (Å²) in [6, 6.07) is 0. The fourth-order valence-electron chi connectivity index (χ4n) is 2.46. The normalized spacial score (nSPS) is 24.6. The topological polar surface area (TPSA) is 170 Å². The Hall–Kier alpha value is -3.58. The van der Waals surface area contributed by atoms with E-state index in [1.807, 2.05) is 0 Å². The molecule has 0 N–H and O–H groups in total. The summed E-state index contributed by atoms with van der Waals surface area (Å²) in [5.41, 5.74) is -4.51. The van der Waals surface area contributed by atoms with Gasteiger partial charge >= 0.3 is 0 Å². The van der Waals surface area contributed by atoms with E-state index in [4.69, 9.17) is 0 Å². The number of ketones is 2. The average Bonchev–Trinajstić information content (AvgIpc) is 2.64. The maximum Gasteiger partial charge on any atom is 0.280 e. The van der Waals surface area contributed by atoms with Crippen molar-refractivity contribution in [2.24, 2.45) is 41.6 Å². The molecule has 0 aliphatic heterocycles. The van der Waals surface area contributed by atoms with Crippen molar-refractivity contribution in [2.45, 2.75) is 11.3 Å². The number of carbonyl (C=O) groups is 2. The largest absolute Gasteiger partial charge is 0.383 e. The highest BCUT2D eigenvalue weighted by atomic mass is 16.6. The van der Waals surface area contributed by atoms with Crippen molar-refractivity contribution < 1.29 is 28.9 Å². The van der Waals surface area contributed by atoms with Crippen molar-refractivity contribution in [3.8, 4) is 0 Å². The third-order valence-corrected chi connectivity index (χ3v) is 3.38. The second-order valence-corrected chi connectivity index (χ2v) is 4.61. The van der Waals surface area contributed by atoms with Gasteiger partial charge in [-0.3, -0.25) is 9.59 Å². The Morgan fingerprint density at radius 2 is 0.885 bits per heavy atom. The van der Waals surface area contributed by atoms with E-state index in [2.05, 4.69) is 60.9 Å². The third-order valence-electron chi connectivity index (χ3n) is 3.38. The van der Waals surface area contributed by atoms with Gasteiger partial charge in [-0.1, -0.05) is 0 Å². The van der Waals surface area contributed by atoms with Crippen LogP contribution in [0.2, 0.25) is 0 Å². The molecule has 14 heteroatoms. The van der Waals surface area contributed by atoms with Crippen LogP contribution in [0.1, 0.15) is 0 Å². The highest BCUT2D eigenvalue weighted by Crippen LogP contribution is 2.57. The van der Waals surface area contributed by atoms with Gasteiger partial charge in [0.05, 0.1) is 11.1 Å². The van der Waals surface area contributed by atoms with E-state index in [0.29, 0.717) is 0 Å². The lowest BCUT2D eigenvalue weighted by Crippen LogP contribution is -2.64. The van der Waals surface area contributed by atoms with Crippen LogP contribution in [-0.2, 0) is 28.9 Å². The minimum atomic E-state index is -2.07. The summed E-state index contributed by atoms with van der Waals surface area (Å²) in [5, 5.41) is 28.9. The van der Waals surface area contributed by atoms with Gasteiger partial charge in [-0.15, -0.1) is 20.5 Å². The molecule has 0 aromatic rings. The van der Waals surface area contributed by atoms with Gasteiger partial charge in [-0.2, -0.15) is 0 Å². The van der Waals surface area contributed by atoms with Crippen molar-refractivity contribution in [3.05, 3.63) is 23.3 Å². The zero-order chi connectivity index (χ0) is 19.2. The van der Waals surface area contributed by atoms with Gasteiger partial charge in [0.1, 0.15) is 28.4 Å². The van der Waals surface area contributed by atoms with E-state index >= 15 is 0 Å². The van der Waals surface area contributed by atoms with E-state index in [1.54, 1.807) is 0 Å². The molecule has 0 fully saturated rings. The standard InChI is InChI=1S/C12H14N8O6/c1-23-17-13-11(14-18-24-2)9-7(21)5-6-8(22)10(9)12(11,15-19-25-3)16-20-26-4/h5-6H,1-4H3/b17-13-,18-14+,19-15+,20-16+. The molecule has 0 heterocycles. The summed E-state index contributed by atoms with van der Waals surface area (Å²) in [6.45, 7) is 0. The molecule has 1 atom stereocenters. The molecule has 0 aromatic heterocycles. The molecule has 0 bridgehead atoms. The molecule has 14 nitrogen and oxygen atoms in total. The number of nitrogens with zero attached hydrogens (tertiary/aromatic N) is 8. The molecule has 0 aromatic carbocycles. The van der Waals surface area contributed by atoms with Gasteiger partial charge in [0, 0.05) is 21.1 Å². The van der Waals surface area contributed by atoms with E-state index in [1.165, 1.54) is 28.4 Å². The minimum Gasteiger partial charge on any atom is -0.383 e. The van der Waals surface area contributed by atoms with Crippen LogP contribution in [0, 0.1) is 0 Å². The lowest BCUT2D eigenvalue weighted by molar-refractivity contribution is -0.118. The first-order valence-corrected chi connectivity index (χ1v) is 6.88. The molecule has 0 saturated carbocycles. The Balaban J connectivity index is 2.85. The summed E-state index contributed by atoms with van der Waals surface area (Å²) in [5.74, 6) is -1.17. The number of hydrogen-bond acceptors (Lipinski definition) is 14. The highest BCUT2D eigenvalue weighted by molar-refractivity contribution is 6.25. The smallest absolute Gasteiger partial charge is 0.280 e. The first-order chi connectivity index (χ1) is 12.5. The van der Waals surface area contributed by atoms with Crippen LogP contribution >= 0.6 is 0 Å². The minimum absolute atomic E-state index is 0.184. The van der Waals surface area contributed by atoms with Gasteiger partial charge in [-0.25, -0.2) is 0 Å². The van der Waals surface area contributed by atoms with Gasteiger partial charge in [-0.05, 0) is 12.2 Å². The average molecular weight is 366 g/mol. The predicted molar refractivity (Wildman–Crippen MR) is 79.1 cm³/mol. The Bertz CT molecular complexity index is 678. The van der Waals surface area contributed by atoms with Crippen LogP contribution in [0.25, 0.3) is 0 Å². The summed E-state index contributed by atoms with van der Waals surface area (Å²) >= 11 is 0. The number of rotatable bonds is 8. The van der Waals surface area contributed by atoms with Gasteiger partial charge in [0.15, 0.2) is 11.6 Å². The van der Waals surface area contributed by atoms with E-state index in [9.17, 15) is 9.59 Å². The molecule has 0 amide bonds. The lowest BCUT2D eigenvalue weighted by atomic mass is 9.63. The van der Waals surface area contributed by atoms with Crippen molar-refractivity contribution in [3.63, 3.8) is 0 Å². The van der Waals surface area contributed by atoms with Gasteiger partial charge < -0.3 is 19.4 Å². The summed E-state index contributed by atoms with van der Waals surface area (Å²) in [4.78, 5) is 43.1. The molecule has 26 heavy (non-hydrogen) atoms. The van der Waals surface area contributed by atoms with Crippen LogP contribution in [0.4, 0.5) is 0 Å². The molecule has 2 aliphatic carbocycles. The molecule has 0 radical (unpaired) electrons. The Morgan fingerprint density at radius 1 is 0.615 bits per heavy atom. The Kier molecular flexibility index (Phi) is 5.44. The molecular weight excluding hydrogens is 352 g/mol. The summed E-state index contributed by atoms with van der Waals surface area (Å²) < 4.78 is 0. The van der Waals surface area contributed by atoms with Gasteiger partial charge in [0.25, 0.3) is 11.3 Å². The summed E-state index contributed by atoms with van der Waals surface area (Å²) in [6.07, 6.45) is 2.09. The highest BCUT2D eigenvalue weighted by Gasteiger charge is 2.75. The zero-order valence-electron chi connectivity index (χ0n) is 14.2. The monoisotopic (exact) mass is 366 g/mol. The number of carbonyl (C=O) groups excluding carboxylic acids is 2. The Labute approximate surface area is 146 Å². The zero-order valence-corrected chi connectivity index (χ0v) is 14.2. The Morgan fingerprint density at radius 3 is 1.12 bits per heavy atom. The molecule has 138 valence electrons. The molecular formula is C12H14N8O6. The molecule has 2 aliphatic rings. The van der Waals surface area contributed by atoms with E-state index in [0.717, 1.165) is 12.2 Å². The third kappa shape index (κ3) is 2.60. The predicted octanol–water partition coefficient (Wildman–Crippen LogP) is 1.45.